The van der Waals surface area contributed by atoms with Gasteiger partial charge in [-0.05, 0) is 31.0 Å². The Kier molecular flexibility index (Phi) is 5.40. The summed E-state index contributed by atoms with van der Waals surface area (Å²) in [5.41, 5.74) is 5.96. The molecule has 3 rings (SSSR count). The van der Waals surface area contributed by atoms with E-state index in [1.807, 2.05) is 0 Å². The molecule has 2 amide bonds. The predicted octanol–water partition coefficient (Wildman–Crippen LogP) is 2.97. The molecule has 8 heteroatoms. The number of carbonyl (C=O) groups excluding carboxylic acids is 2. The zero-order valence-corrected chi connectivity index (χ0v) is 14.2. The van der Waals surface area contributed by atoms with Crippen LogP contribution in [0.1, 0.15) is 42.6 Å². The summed E-state index contributed by atoms with van der Waals surface area (Å²) in [4.78, 5) is 32.2. The van der Waals surface area contributed by atoms with E-state index in [1.54, 1.807) is 0 Å². The van der Waals surface area contributed by atoms with E-state index in [1.165, 1.54) is 30.6 Å². The molecule has 1 fully saturated rings. The molecule has 2 aromatic rings. The molecule has 4 N–H and O–H groups in total. The fraction of sp³-hybridized carbons (Fsp3) is 0.333. The van der Waals surface area contributed by atoms with Crippen LogP contribution in [-0.2, 0) is 4.79 Å². The number of hydrogen-bond donors (Lipinski definition) is 3. The van der Waals surface area contributed by atoms with Gasteiger partial charge in [0.1, 0.15) is 5.82 Å². The highest BCUT2D eigenvalue weighted by molar-refractivity contribution is 6.06. The van der Waals surface area contributed by atoms with Crippen LogP contribution in [0.4, 0.5) is 21.6 Å². The molecule has 0 unspecified atom stereocenters. The largest absolute Gasteiger partial charge is 0.382 e. The lowest BCUT2D eigenvalue weighted by Gasteiger charge is -2.21. The second kappa shape index (κ2) is 7.90. The molecule has 1 aromatic carbocycles. The van der Waals surface area contributed by atoms with Gasteiger partial charge < -0.3 is 16.4 Å². The Balaban J connectivity index is 1.72. The van der Waals surface area contributed by atoms with E-state index in [9.17, 15) is 14.0 Å². The summed E-state index contributed by atoms with van der Waals surface area (Å²) in [6.45, 7) is 0. The van der Waals surface area contributed by atoms with Gasteiger partial charge in [0.15, 0.2) is 11.5 Å². The van der Waals surface area contributed by atoms with Crippen molar-refractivity contribution in [2.45, 2.75) is 32.1 Å². The quantitative estimate of drug-likeness (QED) is 0.779. The maximum atomic E-state index is 14.1. The van der Waals surface area contributed by atoms with Gasteiger partial charge in [0, 0.05) is 24.0 Å². The fourth-order valence-electron chi connectivity index (χ4n) is 3.01. The van der Waals surface area contributed by atoms with Crippen molar-refractivity contribution in [3.8, 4) is 0 Å². The van der Waals surface area contributed by atoms with Gasteiger partial charge in [-0.1, -0.05) is 19.3 Å². The molecule has 7 nitrogen and oxygen atoms in total. The van der Waals surface area contributed by atoms with E-state index >= 15 is 0 Å². The highest BCUT2D eigenvalue weighted by Gasteiger charge is 2.22. The van der Waals surface area contributed by atoms with Gasteiger partial charge in [-0.25, -0.2) is 14.4 Å². The smallest absolute Gasteiger partial charge is 0.278 e. The Morgan fingerprint density at radius 3 is 2.54 bits per heavy atom. The number of nitrogen functional groups attached to an aromatic ring is 1. The molecule has 26 heavy (non-hydrogen) atoms. The molecular weight excluding hydrogens is 337 g/mol. The van der Waals surface area contributed by atoms with Crippen molar-refractivity contribution in [3.63, 3.8) is 0 Å². The number of anilines is 3. The van der Waals surface area contributed by atoms with E-state index in [0.717, 1.165) is 32.1 Å². The first-order valence-corrected chi connectivity index (χ1v) is 8.53. The zero-order chi connectivity index (χ0) is 18.5. The third-order valence-corrected chi connectivity index (χ3v) is 4.40. The highest BCUT2D eigenvalue weighted by Crippen LogP contribution is 2.26. The van der Waals surface area contributed by atoms with Crippen LogP contribution >= 0.6 is 0 Å². The number of amides is 2. The van der Waals surface area contributed by atoms with Gasteiger partial charge in [-0.2, -0.15) is 0 Å². The monoisotopic (exact) mass is 357 g/mol. The van der Waals surface area contributed by atoms with Crippen molar-refractivity contribution in [3.05, 3.63) is 42.1 Å². The van der Waals surface area contributed by atoms with Crippen LogP contribution in [0.5, 0.6) is 0 Å². The first kappa shape index (κ1) is 17.8. The van der Waals surface area contributed by atoms with Gasteiger partial charge in [-0.15, -0.1) is 0 Å². The summed E-state index contributed by atoms with van der Waals surface area (Å²) in [6.07, 6.45) is 7.51. The normalized spacial score (nSPS) is 14.7. The summed E-state index contributed by atoms with van der Waals surface area (Å²) < 4.78 is 14.1. The summed E-state index contributed by atoms with van der Waals surface area (Å²) >= 11 is 0. The van der Waals surface area contributed by atoms with Crippen molar-refractivity contribution < 1.29 is 14.0 Å². The van der Waals surface area contributed by atoms with Crippen LogP contribution in [0.25, 0.3) is 0 Å². The van der Waals surface area contributed by atoms with Crippen LogP contribution in [0.2, 0.25) is 0 Å². The molecule has 136 valence electrons. The number of aromatic nitrogens is 2. The number of nitrogens with one attached hydrogen (secondary N) is 2. The average molecular weight is 357 g/mol. The second-order valence-corrected chi connectivity index (χ2v) is 6.26. The molecule has 0 aliphatic heterocycles. The summed E-state index contributed by atoms with van der Waals surface area (Å²) in [5.74, 6) is -1.41. The highest BCUT2D eigenvalue weighted by atomic mass is 19.1. The van der Waals surface area contributed by atoms with E-state index in [-0.39, 0.29) is 29.0 Å². The Bertz CT molecular complexity index is 821. The minimum absolute atomic E-state index is 0.00191. The number of nitrogens with zero attached hydrogens (tertiary/aromatic N) is 2. The van der Waals surface area contributed by atoms with Gasteiger partial charge in [0.25, 0.3) is 5.91 Å². The van der Waals surface area contributed by atoms with Gasteiger partial charge >= 0.3 is 0 Å². The van der Waals surface area contributed by atoms with Crippen LogP contribution in [0.15, 0.2) is 30.6 Å². The van der Waals surface area contributed by atoms with Crippen molar-refractivity contribution in [2.75, 3.05) is 16.4 Å². The first-order chi connectivity index (χ1) is 12.5. The van der Waals surface area contributed by atoms with Crippen molar-refractivity contribution in [2.24, 2.45) is 5.92 Å². The minimum atomic E-state index is -0.564. The molecule has 1 aliphatic rings. The number of halogens is 1. The Morgan fingerprint density at radius 1 is 1.08 bits per heavy atom. The first-order valence-electron chi connectivity index (χ1n) is 8.53. The van der Waals surface area contributed by atoms with E-state index < -0.39 is 11.7 Å². The summed E-state index contributed by atoms with van der Waals surface area (Å²) in [6, 6.07) is 3.96. The third kappa shape index (κ3) is 4.14. The maximum absolute atomic E-state index is 14.1. The molecular formula is C18H20FN5O2. The standard InChI is InChI=1S/C18H20FN5O2/c19-13-7-6-12(23-18(26)15-16(20)22-9-8-21-15)10-14(13)24-17(25)11-4-2-1-3-5-11/h6-11H,1-5H2,(H2,20,22)(H,23,26)(H,24,25). The lowest BCUT2D eigenvalue weighted by molar-refractivity contribution is -0.120. The SMILES string of the molecule is Nc1nccnc1C(=O)Nc1ccc(F)c(NC(=O)C2CCCCC2)c1. The van der Waals surface area contributed by atoms with Crippen LogP contribution in [0.3, 0.4) is 0 Å². The van der Waals surface area contributed by atoms with E-state index in [2.05, 4.69) is 20.6 Å². The van der Waals surface area contributed by atoms with E-state index in [0.29, 0.717) is 5.69 Å². The predicted molar refractivity (Wildman–Crippen MR) is 96.0 cm³/mol. The Morgan fingerprint density at radius 2 is 1.81 bits per heavy atom. The van der Waals surface area contributed by atoms with Crippen LogP contribution < -0.4 is 16.4 Å². The van der Waals surface area contributed by atoms with Crippen molar-refractivity contribution >= 4 is 29.0 Å². The summed E-state index contributed by atoms with van der Waals surface area (Å²) in [7, 11) is 0. The Labute approximate surface area is 150 Å². The van der Waals surface area contributed by atoms with Crippen molar-refractivity contribution in [1.82, 2.24) is 9.97 Å². The number of nitrogens with two attached hydrogens (primary N) is 1. The van der Waals surface area contributed by atoms with Gasteiger partial charge in [-0.3, -0.25) is 9.59 Å². The fourth-order valence-corrected chi connectivity index (χ4v) is 3.01. The molecule has 0 bridgehead atoms. The van der Waals surface area contributed by atoms with Gasteiger partial charge in [0.05, 0.1) is 5.69 Å². The molecule has 0 atom stereocenters. The second-order valence-electron chi connectivity index (χ2n) is 6.26. The lowest BCUT2D eigenvalue weighted by atomic mass is 9.88. The number of hydrogen-bond acceptors (Lipinski definition) is 5. The van der Waals surface area contributed by atoms with Crippen molar-refractivity contribution in [1.29, 1.82) is 0 Å². The molecule has 0 saturated heterocycles. The number of rotatable bonds is 4. The minimum Gasteiger partial charge on any atom is -0.382 e. The third-order valence-electron chi connectivity index (χ3n) is 4.40. The van der Waals surface area contributed by atoms with E-state index in [4.69, 9.17) is 5.73 Å². The Hall–Kier alpha value is -3.03. The molecule has 0 radical (unpaired) electrons. The topological polar surface area (TPSA) is 110 Å². The number of carbonyl (C=O) groups is 2. The molecule has 1 aromatic heterocycles. The average Bonchev–Trinajstić information content (AvgIpc) is 2.65. The number of benzene rings is 1. The molecule has 0 spiro atoms. The van der Waals surface area contributed by atoms with Crippen LogP contribution in [-0.4, -0.2) is 21.8 Å². The summed E-state index contributed by atoms with van der Waals surface area (Å²) in [5, 5.41) is 5.21. The molecule has 1 saturated carbocycles. The zero-order valence-electron chi connectivity index (χ0n) is 14.2. The lowest BCUT2D eigenvalue weighted by Crippen LogP contribution is -2.25. The molecule has 1 aliphatic carbocycles. The van der Waals surface area contributed by atoms with Crippen LogP contribution in [0, 0.1) is 11.7 Å². The maximum Gasteiger partial charge on any atom is 0.278 e. The van der Waals surface area contributed by atoms with Gasteiger partial charge in [0.2, 0.25) is 5.91 Å². The molecule has 1 heterocycles.